The molecule has 2 heteroatoms. The normalized spacial score (nSPS) is 10.8. The van der Waals surface area contributed by atoms with Crippen LogP contribution < -0.4 is 10.6 Å². The largest absolute Gasteiger partial charge is 0.384 e. The maximum atomic E-state index is 3.44. The fourth-order valence-electron chi connectivity index (χ4n) is 2.11. The lowest BCUT2D eigenvalue weighted by Gasteiger charge is -2.10. The molecule has 20 heavy (non-hydrogen) atoms. The standard InChI is InChI=1S/C18H24N2/c1-15(2)17-8-10-18(11-9-17)20-13-12-19-14-16-6-4-3-5-7-16/h3-11,15,19-20H,12-14H2,1-2H3. The Morgan fingerprint density at radius 3 is 2.20 bits per heavy atom. The van der Waals surface area contributed by atoms with Gasteiger partial charge in [-0.1, -0.05) is 56.3 Å². The lowest BCUT2D eigenvalue weighted by atomic mass is 10.0. The second-order valence-electron chi connectivity index (χ2n) is 5.37. The topological polar surface area (TPSA) is 24.1 Å². The number of hydrogen-bond donors (Lipinski definition) is 2. The van der Waals surface area contributed by atoms with Crippen molar-refractivity contribution >= 4 is 5.69 Å². The molecule has 0 aliphatic carbocycles. The van der Waals surface area contributed by atoms with E-state index >= 15 is 0 Å². The van der Waals surface area contributed by atoms with Crippen LogP contribution in [0, 0.1) is 0 Å². The van der Waals surface area contributed by atoms with Crippen LogP contribution in [0.15, 0.2) is 54.6 Å². The number of anilines is 1. The Bertz CT molecular complexity index is 489. The van der Waals surface area contributed by atoms with Crippen molar-refractivity contribution in [1.82, 2.24) is 5.32 Å². The monoisotopic (exact) mass is 268 g/mol. The van der Waals surface area contributed by atoms with Gasteiger partial charge in [-0.05, 0) is 29.2 Å². The molecule has 0 aliphatic rings. The maximum Gasteiger partial charge on any atom is 0.0340 e. The van der Waals surface area contributed by atoms with E-state index in [4.69, 9.17) is 0 Å². The van der Waals surface area contributed by atoms with Crippen molar-refractivity contribution in [1.29, 1.82) is 0 Å². The van der Waals surface area contributed by atoms with Crippen molar-refractivity contribution in [3.63, 3.8) is 0 Å². The van der Waals surface area contributed by atoms with Gasteiger partial charge in [0.15, 0.2) is 0 Å². The van der Waals surface area contributed by atoms with Crippen LogP contribution >= 0.6 is 0 Å². The lowest BCUT2D eigenvalue weighted by molar-refractivity contribution is 0.707. The highest BCUT2D eigenvalue weighted by Crippen LogP contribution is 2.16. The SMILES string of the molecule is CC(C)c1ccc(NCCNCc2ccccc2)cc1. The van der Waals surface area contributed by atoms with Gasteiger partial charge in [-0.25, -0.2) is 0 Å². The predicted octanol–water partition coefficient (Wildman–Crippen LogP) is 4.01. The molecule has 0 saturated heterocycles. The molecular formula is C18H24N2. The highest BCUT2D eigenvalue weighted by Gasteiger charge is 1.98. The van der Waals surface area contributed by atoms with E-state index < -0.39 is 0 Å². The van der Waals surface area contributed by atoms with Crippen molar-refractivity contribution in [3.8, 4) is 0 Å². The second-order valence-corrected chi connectivity index (χ2v) is 5.37. The van der Waals surface area contributed by atoms with Gasteiger partial charge in [0, 0.05) is 25.3 Å². The highest BCUT2D eigenvalue weighted by atomic mass is 14.9. The van der Waals surface area contributed by atoms with Crippen molar-refractivity contribution in [2.45, 2.75) is 26.3 Å². The fourth-order valence-corrected chi connectivity index (χ4v) is 2.11. The molecule has 2 aromatic carbocycles. The molecule has 0 atom stereocenters. The number of nitrogens with one attached hydrogen (secondary N) is 2. The van der Waals surface area contributed by atoms with Crippen LogP contribution in [0.3, 0.4) is 0 Å². The molecular weight excluding hydrogens is 244 g/mol. The summed E-state index contributed by atoms with van der Waals surface area (Å²) in [6.07, 6.45) is 0. The van der Waals surface area contributed by atoms with E-state index in [1.165, 1.54) is 16.8 Å². The zero-order valence-electron chi connectivity index (χ0n) is 12.4. The Kier molecular flexibility index (Phi) is 5.63. The molecule has 0 saturated carbocycles. The molecule has 0 aliphatic heterocycles. The second kappa shape index (κ2) is 7.71. The maximum absolute atomic E-state index is 3.44. The first-order valence-electron chi connectivity index (χ1n) is 7.34. The van der Waals surface area contributed by atoms with Gasteiger partial charge < -0.3 is 10.6 Å². The van der Waals surface area contributed by atoms with Crippen LogP contribution in [0.1, 0.15) is 30.9 Å². The average Bonchev–Trinajstić information content (AvgIpc) is 2.48. The zero-order chi connectivity index (χ0) is 14.2. The molecule has 0 bridgehead atoms. The van der Waals surface area contributed by atoms with Crippen LogP contribution in [0.4, 0.5) is 5.69 Å². The van der Waals surface area contributed by atoms with Gasteiger partial charge in [-0.2, -0.15) is 0 Å². The minimum Gasteiger partial charge on any atom is -0.384 e. The smallest absolute Gasteiger partial charge is 0.0340 e. The molecule has 0 heterocycles. The molecule has 0 spiro atoms. The summed E-state index contributed by atoms with van der Waals surface area (Å²) in [5.74, 6) is 0.594. The lowest BCUT2D eigenvalue weighted by Crippen LogP contribution is -2.21. The summed E-state index contributed by atoms with van der Waals surface area (Å²) in [6, 6.07) is 19.2. The van der Waals surface area contributed by atoms with E-state index in [1.54, 1.807) is 0 Å². The molecule has 2 nitrogen and oxygen atoms in total. The molecule has 0 unspecified atom stereocenters. The van der Waals surface area contributed by atoms with E-state index in [9.17, 15) is 0 Å². The van der Waals surface area contributed by atoms with E-state index in [0.29, 0.717) is 5.92 Å². The predicted molar refractivity (Wildman–Crippen MR) is 87.2 cm³/mol. The number of rotatable bonds is 7. The first-order chi connectivity index (χ1) is 9.75. The van der Waals surface area contributed by atoms with Crippen molar-refractivity contribution in [2.24, 2.45) is 0 Å². The fraction of sp³-hybridized carbons (Fsp3) is 0.333. The van der Waals surface area contributed by atoms with Crippen LogP contribution in [-0.4, -0.2) is 13.1 Å². The van der Waals surface area contributed by atoms with Gasteiger partial charge in [-0.15, -0.1) is 0 Å². The zero-order valence-corrected chi connectivity index (χ0v) is 12.4. The van der Waals surface area contributed by atoms with Crippen LogP contribution in [0.5, 0.6) is 0 Å². The van der Waals surface area contributed by atoms with Gasteiger partial charge in [-0.3, -0.25) is 0 Å². The molecule has 0 aromatic heterocycles. The molecule has 2 N–H and O–H groups in total. The van der Waals surface area contributed by atoms with Crippen molar-refractivity contribution < 1.29 is 0 Å². The number of benzene rings is 2. The Morgan fingerprint density at radius 1 is 0.850 bits per heavy atom. The van der Waals surface area contributed by atoms with E-state index in [0.717, 1.165) is 19.6 Å². The van der Waals surface area contributed by atoms with Gasteiger partial charge in [0.1, 0.15) is 0 Å². The van der Waals surface area contributed by atoms with E-state index in [-0.39, 0.29) is 0 Å². The first-order valence-corrected chi connectivity index (χ1v) is 7.34. The van der Waals surface area contributed by atoms with Crippen LogP contribution in [-0.2, 0) is 6.54 Å². The summed E-state index contributed by atoms with van der Waals surface area (Å²) >= 11 is 0. The average molecular weight is 268 g/mol. The molecule has 0 fully saturated rings. The molecule has 0 radical (unpaired) electrons. The molecule has 2 aromatic rings. The third-order valence-electron chi connectivity index (χ3n) is 3.38. The van der Waals surface area contributed by atoms with E-state index in [2.05, 4.69) is 73.0 Å². The molecule has 0 amide bonds. The van der Waals surface area contributed by atoms with Gasteiger partial charge >= 0.3 is 0 Å². The van der Waals surface area contributed by atoms with Crippen LogP contribution in [0.2, 0.25) is 0 Å². The minimum absolute atomic E-state index is 0.594. The third kappa shape index (κ3) is 4.71. The third-order valence-corrected chi connectivity index (χ3v) is 3.38. The molecule has 2 rings (SSSR count). The van der Waals surface area contributed by atoms with Crippen molar-refractivity contribution in [2.75, 3.05) is 18.4 Å². The van der Waals surface area contributed by atoms with Crippen molar-refractivity contribution in [3.05, 3.63) is 65.7 Å². The minimum atomic E-state index is 0.594. The van der Waals surface area contributed by atoms with Gasteiger partial charge in [0.05, 0.1) is 0 Å². The first kappa shape index (κ1) is 14.6. The van der Waals surface area contributed by atoms with Crippen LogP contribution in [0.25, 0.3) is 0 Å². The Morgan fingerprint density at radius 2 is 1.55 bits per heavy atom. The Hall–Kier alpha value is -1.80. The quantitative estimate of drug-likeness (QED) is 0.741. The Balaban J connectivity index is 1.66. The number of hydrogen-bond acceptors (Lipinski definition) is 2. The molecule has 106 valence electrons. The summed E-state index contributed by atoms with van der Waals surface area (Å²) in [6.45, 7) is 7.26. The Labute approximate surface area is 122 Å². The summed E-state index contributed by atoms with van der Waals surface area (Å²) in [5, 5.41) is 6.87. The summed E-state index contributed by atoms with van der Waals surface area (Å²) in [7, 11) is 0. The van der Waals surface area contributed by atoms with Gasteiger partial charge in [0.25, 0.3) is 0 Å². The summed E-state index contributed by atoms with van der Waals surface area (Å²) in [4.78, 5) is 0. The van der Waals surface area contributed by atoms with E-state index in [1.807, 2.05) is 6.07 Å². The van der Waals surface area contributed by atoms with Gasteiger partial charge in [0.2, 0.25) is 0 Å². The highest BCUT2D eigenvalue weighted by molar-refractivity contribution is 5.45. The summed E-state index contributed by atoms with van der Waals surface area (Å²) < 4.78 is 0. The summed E-state index contributed by atoms with van der Waals surface area (Å²) in [5.41, 5.74) is 3.91.